The van der Waals surface area contributed by atoms with Gasteiger partial charge in [-0.1, -0.05) is 0 Å². The second kappa shape index (κ2) is 7.35. The number of hydrogen-bond donors (Lipinski definition) is 1. The van der Waals surface area contributed by atoms with Crippen LogP contribution in [0.15, 0.2) is 42.0 Å². The van der Waals surface area contributed by atoms with Crippen molar-refractivity contribution in [1.29, 1.82) is 0 Å². The van der Waals surface area contributed by atoms with Gasteiger partial charge in [0.05, 0.1) is 11.9 Å². The molecule has 0 bridgehead atoms. The van der Waals surface area contributed by atoms with E-state index in [1.807, 2.05) is 5.38 Å². The van der Waals surface area contributed by atoms with Gasteiger partial charge in [0, 0.05) is 31.9 Å². The summed E-state index contributed by atoms with van der Waals surface area (Å²) in [6.07, 6.45) is 1.61. The number of piperazine rings is 1. The molecule has 0 atom stereocenters. The molecule has 0 radical (unpaired) electrons. The van der Waals surface area contributed by atoms with Crippen LogP contribution in [0.25, 0.3) is 10.2 Å². The molecule has 1 aliphatic heterocycles. The standard InChI is InChI=1S/C18H18FN5OS/c19-13-1-3-14(4-2-13)22-16(25)11-23-6-8-24(9-7-23)17-15-5-10-26-18(15)21-12-20-17/h1-5,10,12H,6-9,11H2,(H,22,25). The molecule has 1 aliphatic rings. The molecule has 0 saturated carbocycles. The van der Waals surface area contributed by atoms with Gasteiger partial charge in [-0.05, 0) is 35.7 Å². The maximum Gasteiger partial charge on any atom is 0.238 e. The topological polar surface area (TPSA) is 61.4 Å². The fourth-order valence-corrected chi connectivity index (χ4v) is 3.81. The van der Waals surface area contributed by atoms with Crippen LogP contribution in [0.2, 0.25) is 0 Å². The van der Waals surface area contributed by atoms with Crippen LogP contribution in [0.1, 0.15) is 0 Å². The van der Waals surface area contributed by atoms with Gasteiger partial charge in [-0.3, -0.25) is 9.69 Å². The number of amides is 1. The van der Waals surface area contributed by atoms with Crippen LogP contribution < -0.4 is 10.2 Å². The van der Waals surface area contributed by atoms with Crippen molar-refractivity contribution in [2.75, 3.05) is 42.9 Å². The first-order chi connectivity index (χ1) is 12.7. The minimum absolute atomic E-state index is 0.0904. The highest BCUT2D eigenvalue weighted by Gasteiger charge is 2.21. The van der Waals surface area contributed by atoms with Gasteiger partial charge in [0.1, 0.15) is 22.8 Å². The van der Waals surface area contributed by atoms with Crippen LogP contribution in [0.4, 0.5) is 15.9 Å². The number of hydrogen-bond acceptors (Lipinski definition) is 6. The van der Waals surface area contributed by atoms with Crippen molar-refractivity contribution < 1.29 is 9.18 Å². The number of halogens is 1. The van der Waals surface area contributed by atoms with E-state index in [0.717, 1.165) is 42.2 Å². The molecule has 1 N–H and O–H groups in total. The molecule has 4 rings (SSSR count). The SMILES string of the molecule is O=C(CN1CCN(c2ncnc3sccc23)CC1)Nc1ccc(F)cc1. The number of fused-ring (bicyclic) bond motifs is 1. The molecule has 1 amide bonds. The Morgan fingerprint density at radius 2 is 1.88 bits per heavy atom. The number of nitrogens with one attached hydrogen (secondary N) is 1. The summed E-state index contributed by atoms with van der Waals surface area (Å²) in [4.78, 5) is 26.3. The first-order valence-corrected chi connectivity index (χ1v) is 9.28. The molecule has 134 valence electrons. The minimum Gasteiger partial charge on any atom is -0.353 e. The highest BCUT2D eigenvalue weighted by molar-refractivity contribution is 7.16. The number of aromatic nitrogens is 2. The van der Waals surface area contributed by atoms with Gasteiger partial charge in [-0.25, -0.2) is 14.4 Å². The number of benzene rings is 1. The molecule has 1 fully saturated rings. The van der Waals surface area contributed by atoms with Crippen molar-refractivity contribution in [2.24, 2.45) is 0 Å². The van der Waals surface area contributed by atoms with Crippen LogP contribution in [-0.2, 0) is 4.79 Å². The molecule has 1 aromatic carbocycles. The van der Waals surface area contributed by atoms with Crippen molar-refractivity contribution in [3.63, 3.8) is 0 Å². The lowest BCUT2D eigenvalue weighted by molar-refractivity contribution is -0.117. The van der Waals surface area contributed by atoms with Gasteiger partial charge >= 0.3 is 0 Å². The summed E-state index contributed by atoms with van der Waals surface area (Å²) < 4.78 is 12.9. The Hall–Kier alpha value is -2.58. The van der Waals surface area contributed by atoms with Crippen molar-refractivity contribution >= 4 is 39.0 Å². The van der Waals surface area contributed by atoms with Gasteiger partial charge in [0.25, 0.3) is 0 Å². The average molecular weight is 371 g/mol. The lowest BCUT2D eigenvalue weighted by Crippen LogP contribution is -2.49. The Bertz CT molecular complexity index is 905. The van der Waals surface area contributed by atoms with Crippen molar-refractivity contribution in [1.82, 2.24) is 14.9 Å². The number of carbonyl (C=O) groups excluding carboxylic acids is 1. The van der Waals surface area contributed by atoms with E-state index in [9.17, 15) is 9.18 Å². The van der Waals surface area contributed by atoms with Crippen molar-refractivity contribution in [3.8, 4) is 0 Å². The summed E-state index contributed by atoms with van der Waals surface area (Å²) in [5, 5.41) is 5.91. The third kappa shape index (κ3) is 3.66. The molecule has 0 aliphatic carbocycles. The van der Waals surface area contributed by atoms with Gasteiger partial charge in [-0.15, -0.1) is 11.3 Å². The third-order valence-corrected chi connectivity index (χ3v) is 5.23. The average Bonchev–Trinajstić information content (AvgIpc) is 3.13. The number of thiophene rings is 1. The third-order valence-electron chi connectivity index (χ3n) is 4.41. The van der Waals surface area contributed by atoms with Gasteiger partial charge in [0.15, 0.2) is 0 Å². The Kier molecular flexibility index (Phi) is 4.77. The highest BCUT2D eigenvalue weighted by atomic mass is 32.1. The first-order valence-electron chi connectivity index (χ1n) is 8.40. The van der Waals surface area contributed by atoms with E-state index in [1.165, 1.54) is 12.1 Å². The number of anilines is 2. The summed E-state index contributed by atoms with van der Waals surface area (Å²) in [7, 11) is 0. The second-order valence-electron chi connectivity index (χ2n) is 6.15. The second-order valence-corrected chi connectivity index (χ2v) is 7.05. The Balaban J connectivity index is 1.33. The van der Waals surface area contributed by atoms with Crippen molar-refractivity contribution in [2.45, 2.75) is 0 Å². The zero-order valence-corrected chi connectivity index (χ0v) is 14.9. The normalized spacial score (nSPS) is 15.3. The van der Waals surface area contributed by atoms with E-state index in [-0.39, 0.29) is 11.7 Å². The fourth-order valence-electron chi connectivity index (χ4n) is 3.08. The summed E-state index contributed by atoms with van der Waals surface area (Å²) in [5.74, 6) is 0.558. The smallest absolute Gasteiger partial charge is 0.238 e. The van der Waals surface area contributed by atoms with Crippen molar-refractivity contribution in [3.05, 3.63) is 47.9 Å². The van der Waals surface area contributed by atoms with E-state index in [0.29, 0.717) is 12.2 Å². The molecule has 6 nitrogen and oxygen atoms in total. The summed E-state index contributed by atoms with van der Waals surface area (Å²) >= 11 is 1.61. The first kappa shape index (κ1) is 16.9. The van der Waals surface area contributed by atoms with Gasteiger partial charge < -0.3 is 10.2 Å². The van der Waals surface area contributed by atoms with Crippen LogP contribution in [-0.4, -0.2) is 53.5 Å². The molecule has 3 heterocycles. The van der Waals surface area contributed by atoms with E-state index in [1.54, 1.807) is 29.8 Å². The fraction of sp³-hybridized carbons (Fsp3) is 0.278. The number of rotatable bonds is 4. The lowest BCUT2D eigenvalue weighted by Gasteiger charge is -2.35. The summed E-state index contributed by atoms with van der Waals surface area (Å²) in [6, 6.07) is 7.85. The summed E-state index contributed by atoms with van der Waals surface area (Å²) in [6.45, 7) is 3.51. The Labute approximate surface area is 154 Å². The van der Waals surface area contributed by atoms with Crippen LogP contribution >= 0.6 is 11.3 Å². The van der Waals surface area contributed by atoms with E-state index < -0.39 is 0 Å². The molecular formula is C18H18FN5OS. The molecule has 26 heavy (non-hydrogen) atoms. The zero-order chi connectivity index (χ0) is 17.9. The molecular weight excluding hydrogens is 353 g/mol. The molecule has 3 aromatic rings. The summed E-state index contributed by atoms with van der Waals surface area (Å²) in [5.41, 5.74) is 0.607. The Morgan fingerprint density at radius 1 is 1.12 bits per heavy atom. The lowest BCUT2D eigenvalue weighted by atomic mass is 10.2. The zero-order valence-electron chi connectivity index (χ0n) is 14.1. The van der Waals surface area contributed by atoms with E-state index in [2.05, 4.69) is 31.2 Å². The predicted molar refractivity (Wildman–Crippen MR) is 101 cm³/mol. The Morgan fingerprint density at radius 3 is 2.65 bits per heavy atom. The van der Waals surface area contributed by atoms with Crippen LogP contribution in [0, 0.1) is 5.82 Å². The van der Waals surface area contributed by atoms with Gasteiger partial charge in [-0.2, -0.15) is 0 Å². The quantitative estimate of drug-likeness (QED) is 0.764. The monoisotopic (exact) mass is 371 g/mol. The largest absolute Gasteiger partial charge is 0.353 e. The maximum absolute atomic E-state index is 12.9. The maximum atomic E-state index is 12.9. The highest BCUT2D eigenvalue weighted by Crippen LogP contribution is 2.27. The van der Waals surface area contributed by atoms with E-state index >= 15 is 0 Å². The molecule has 8 heteroatoms. The minimum atomic E-state index is -0.316. The molecule has 0 spiro atoms. The van der Waals surface area contributed by atoms with Gasteiger partial charge in [0.2, 0.25) is 5.91 Å². The van der Waals surface area contributed by atoms with E-state index in [4.69, 9.17) is 0 Å². The molecule has 2 aromatic heterocycles. The number of nitrogens with zero attached hydrogens (tertiary/aromatic N) is 4. The molecule has 0 unspecified atom stereocenters. The van der Waals surface area contributed by atoms with Crippen LogP contribution in [0.5, 0.6) is 0 Å². The molecule has 1 saturated heterocycles. The predicted octanol–water partition coefficient (Wildman–Crippen LogP) is 2.59. The number of carbonyl (C=O) groups is 1. The van der Waals surface area contributed by atoms with Crippen LogP contribution in [0.3, 0.4) is 0 Å².